The van der Waals surface area contributed by atoms with Crippen LogP contribution in [0.1, 0.15) is 6.42 Å². The normalized spacial score (nSPS) is 22.1. The molecule has 0 aliphatic carbocycles. The van der Waals surface area contributed by atoms with E-state index >= 15 is 0 Å². The van der Waals surface area contributed by atoms with Crippen LogP contribution in [0.2, 0.25) is 0 Å². The van der Waals surface area contributed by atoms with E-state index in [1.54, 1.807) is 23.1 Å². The highest BCUT2D eigenvalue weighted by atomic mass is 32.2. The first-order valence-corrected chi connectivity index (χ1v) is 8.65. The molecule has 0 spiro atoms. The molecular formula is C13H10N2OS3. The van der Waals surface area contributed by atoms with Gasteiger partial charge in [0.2, 0.25) is 5.91 Å². The van der Waals surface area contributed by atoms with E-state index in [2.05, 4.69) is 11.1 Å². The van der Waals surface area contributed by atoms with Crippen molar-refractivity contribution in [2.75, 3.05) is 5.75 Å². The molecule has 4 rings (SSSR count). The second kappa shape index (κ2) is 4.54. The van der Waals surface area contributed by atoms with E-state index in [1.807, 2.05) is 41.1 Å². The quantitative estimate of drug-likeness (QED) is 0.795. The zero-order valence-corrected chi connectivity index (χ0v) is 12.4. The monoisotopic (exact) mass is 306 g/mol. The van der Waals surface area contributed by atoms with Gasteiger partial charge in [0, 0.05) is 16.9 Å². The molecule has 6 heteroatoms. The Morgan fingerprint density at radius 1 is 1.37 bits per heavy atom. The van der Waals surface area contributed by atoms with Gasteiger partial charge in [0.15, 0.2) is 4.34 Å². The molecule has 96 valence electrons. The van der Waals surface area contributed by atoms with Gasteiger partial charge in [-0.1, -0.05) is 23.9 Å². The molecule has 0 bridgehead atoms. The van der Waals surface area contributed by atoms with Crippen LogP contribution in [0.4, 0.5) is 0 Å². The SMILES string of the molecule is O=C1C[C@@H]2SCC(Sc3nc4ccccc4s3)=CN12. The van der Waals surface area contributed by atoms with Gasteiger partial charge in [0.05, 0.1) is 22.0 Å². The van der Waals surface area contributed by atoms with E-state index in [1.165, 1.54) is 9.61 Å². The maximum absolute atomic E-state index is 11.4. The fraction of sp³-hybridized carbons (Fsp3) is 0.231. The van der Waals surface area contributed by atoms with Crippen LogP contribution in [0.25, 0.3) is 10.2 Å². The van der Waals surface area contributed by atoms with E-state index in [0.29, 0.717) is 11.8 Å². The van der Waals surface area contributed by atoms with Crippen LogP contribution in [0, 0.1) is 0 Å². The topological polar surface area (TPSA) is 33.2 Å². The molecule has 0 radical (unpaired) electrons. The molecule has 0 saturated carbocycles. The van der Waals surface area contributed by atoms with E-state index < -0.39 is 0 Å². The Morgan fingerprint density at radius 3 is 3.11 bits per heavy atom. The van der Waals surface area contributed by atoms with E-state index in [0.717, 1.165) is 15.6 Å². The third-order valence-corrected chi connectivity index (χ3v) is 6.69. The summed E-state index contributed by atoms with van der Waals surface area (Å²) in [4.78, 5) is 19.1. The molecule has 1 atom stereocenters. The molecular weight excluding hydrogens is 296 g/mol. The summed E-state index contributed by atoms with van der Waals surface area (Å²) in [7, 11) is 0. The Kier molecular flexibility index (Phi) is 2.82. The largest absolute Gasteiger partial charge is 0.305 e. The highest BCUT2D eigenvalue weighted by molar-refractivity contribution is 8.07. The lowest BCUT2D eigenvalue weighted by Crippen LogP contribution is -2.48. The van der Waals surface area contributed by atoms with Crippen LogP contribution in [-0.2, 0) is 4.79 Å². The zero-order valence-electron chi connectivity index (χ0n) is 9.91. The summed E-state index contributed by atoms with van der Waals surface area (Å²) in [5.41, 5.74) is 1.05. The molecule has 1 fully saturated rings. The highest BCUT2D eigenvalue weighted by Gasteiger charge is 2.38. The van der Waals surface area contributed by atoms with Crippen molar-refractivity contribution in [3.05, 3.63) is 35.4 Å². The van der Waals surface area contributed by atoms with Crippen molar-refractivity contribution in [3.63, 3.8) is 0 Å². The van der Waals surface area contributed by atoms with Gasteiger partial charge in [0.1, 0.15) is 0 Å². The number of carbonyl (C=O) groups excluding carboxylic acids is 1. The first-order chi connectivity index (χ1) is 9.29. The third kappa shape index (κ3) is 2.07. The number of thioether (sulfide) groups is 2. The number of hydrogen-bond donors (Lipinski definition) is 0. The van der Waals surface area contributed by atoms with E-state index in [4.69, 9.17) is 0 Å². The van der Waals surface area contributed by atoms with Gasteiger partial charge in [-0.25, -0.2) is 4.98 Å². The molecule has 1 aromatic carbocycles. The van der Waals surface area contributed by atoms with Gasteiger partial charge >= 0.3 is 0 Å². The summed E-state index contributed by atoms with van der Waals surface area (Å²) in [6.07, 6.45) is 2.70. The van der Waals surface area contributed by atoms with Crippen molar-refractivity contribution >= 4 is 51.0 Å². The van der Waals surface area contributed by atoms with Crippen molar-refractivity contribution in [2.45, 2.75) is 16.1 Å². The van der Waals surface area contributed by atoms with Crippen molar-refractivity contribution in [3.8, 4) is 0 Å². The fourth-order valence-corrected chi connectivity index (χ4v) is 5.59. The van der Waals surface area contributed by atoms with Crippen LogP contribution in [-0.4, -0.2) is 26.9 Å². The average Bonchev–Trinajstić information content (AvgIpc) is 2.81. The number of fused-ring (bicyclic) bond motifs is 2. The summed E-state index contributed by atoms with van der Waals surface area (Å²) >= 11 is 5.24. The Morgan fingerprint density at radius 2 is 2.26 bits per heavy atom. The molecule has 1 saturated heterocycles. The lowest BCUT2D eigenvalue weighted by molar-refractivity contribution is -0.137. The summed E-state index contributed by atoms with van der Waals surface area (Å²) in [5.74, 6) is 1.22. The summed E-state index contributed by atoms with van der Waals surface area (Å²) < 4.78 is 2.27. The predicted molar refractivity (Wildman–Crippen MR) is 81.3 cm³/mol. The number of rotatable bonds is 2. The molecule has 2 aliphatic rings. The van der Waals surface area contributed by atoms with Crippen LogP contribution < -0.4 is 0 Å². The number of hydrogen-bond acceptors (Lipinski definition) is 5. The summed E-state index contributed by atoms with van der Waals surface area (Å²) in [5, 5.41) is 0.382. The lowest BCUT2D eigenvalue weighted by atomic mass is 10.2. The minimum Gasteiger partial charge on any atom is -0.305 e. The van der Waals surface area contributed by atoms with Gasteiger partial charge in [0.25, 0.3) is 0 Å². The number of β-lactam (4-membered cyclic amide) rings is 1. The first kappa shape index (κ1) is 11.8. The summed E-state index contributed by atoms with van der Waals surface area (Å²) in [6.45, 7) is 0. The molecule has 0 unspecified atom stereocenters. The van der Waals surface area contributed by atoms with Crippen LogP contribution in [0.3, 0.4) is 0 Å². The Hall–Kier alpha value is -0.980. The Bertz CT molecular complexity index is 661. The zero-order chi connectivity index (χ0) is 12.8. The molecule has 2 aromatic rings. The molecule has 19 heavy (non-hydrogen) atoms. The van der Waals surface area contributed by atoms with E-state index in [-0.39, 0.29) is 5.91 Å². The van der Waals surface area contributed by atoms with Crippen LogP contribution >= 0.6 is 34.9 Å². The molecule has 2 aliphatic heterocycles. The van der Waals surface area contributed by atoms with Gasteiger partial charge in [-0.05, 0) is 12.1 Å². The fourth-order valence-electron chi connectivity index (χ4n) is 2.13. The summed E-state index contributed by atoms with van der Waals surface area (Å²) in [6, 6.07) is 8.18. The van der Waals surface area contributed by atoms with Crippen LogP contribution in [0.15, 0.2) is 39.7 Å². The minimum absolute atomic E-state index is 0.236. The number of nitrogens with zero attached hydrogens (tertiary/aromatic N) is 2. The van der Waals surface area contributed by atoms with Crippen molar-refractivity contribution < 1.29 is 4.79 Å². The number of carbonyl (C=O) groups is 1. The lowest BCUT2D eigenvalue weighted by Gasteiger charge is -2.40. The number of para-hydroxylation sites is 1. The molecule has 3 nitrogen and oxygen atoms in total. The molecule has 1 amide bonds. The molecule has 3 heterocycles. The standard InChI is InChI=1S/C13H10N2OS3/c16-11-5-12-15(11)6-8(7-17-12)18-13-14-9-3-1-2-4-10(9)19-13/h1-4,6,12H,5,7H2/t12-/m0/s1. The predicted octanol–water partition coefficient (Wildman–Crippen LogP) is 3.54. The number of aromatic nitrogens is 1. The van der Waals surface area contributed by atoms with Gasteiger partial charge in [-0.2, -0.15) is 0 Å². The maximum Gasteiger partial charge on any atom is 0.230 e. The number of benzene rings is 1. The Balaban J connectivity index is 1.59. The minimum atomic E-state index is 0.236. The van der Waals surface area contributed by atoms with Crippen LogP contribution in [0.5, 0.6) is 0 Å². The highest BCUT2D eigenvalue weighted by Crippen LogP contribution is 2.42. The average molecular weight is 306 g/mol. The molecule has 1 aromatic heterocycles. The van der Waals surface area contributed by atoms with Crippen molar-refractivity contribution in [2.24, 2.45) is 0 Å². The Labute approximate surface area is 123 Å². The second-order valence-corrected chi connectivity index (χ2v) is 7.99. The third-order valence-electron chi connectivity index (χ3n) is 3.14. The van der Waals surface area contributed by atoms with Crippen molar-refractivity contribution in [1.82, 2.24) is 9.88 Å². The maximum atomic E-state index is 11.4. The number of amides is 1. The molecule has 0 N–H and O–H groups in total. The second-order valence-electron chi connectivity index (χ2n) is 4.42. The van der Waals surface area contributed by atoms with Crippen molar-refractivity contribution in [1.29, 1.82) is 0 Å². The first-order valence-electron chi connectivity index (χ1n) is 5.96. The smallest absolute Gasteiger partial charge is 0.230 e. The van der Waals surface area contributed by atoms with E-state index in [9.17, 15) is 4.79 Å². The van der Waals surface area contributed by atoms with Gasteiger partial charge in [-0.3, -0.25) is 4.79 Å². The van der Waals surface area contributed by atoms with Gasteiger partial charge < -0.3 is 4.90 Å². The number of thiazole rings is 1. The van der Waals surface area contributed by atoms with Gasteiger partial charge in [-0.15, -0.1) is 23.1 Å².